The van der Waals surface area contributed by atoms with Gasteiger partial charge in [0.05, 0.1) is 6.61 Å². The van der Waals surface area contributed by atoms with E-state index in [-0.39, 0.29) is 5.50 Å². The summed E-state index contributed by atoms with van der Waals surface area (Å²) >= 11 is 5.70. The average molecular weight is 180 g/mol. The lowest BCUT2D eigenvalue weighted by molar-refractivity contribution is 0.150. The summed E-state index contributed by atoms with van der Waals surface area (Å²) in [5.41, 5.74) is -0.306. The van der Waals surface area contributed by atoms with Crippen LogP contribution in [0.1, 0.15) is 26.7 Å². The van der Waals surface area contributed by atoms with Crippen LogP contribution in [0.2, 0.25) is 0 Å². The number of carbonyl (C=O) groups is 1. The van der Waals surface area contributed by atoms with E-state index < -0.39 is 6.09 Å². The van der Waals surface area contributed by atoms with E-state index in [1.54, 1.807) is 6.92 Å². The van der Waals surface area contributed by atoms with Gasteiger partial charge in [0.2, 0.25) is 0 Å². The Labute approximate surface area is 72.1 Å². The number of carbonyl (C=O) groups excluding carboxylic acids is 1. The zero-order valence-corrected chi connectivity index (χ0v) is 7.65. The Morgan fingerprint density at radius 3 is 2.73 bits per heavy atom. The average Bonchev–Trinajstić information content (AvgIpc) is 1.87. The maximum atomic E-state index is 10.7. The van der Waals surface area contributed by atoms with Crippen LogP contribution >= 0.6 is 11.6 Å². The Hall–Kier alpha value is -0.440. The molecule has 0 fully saturated rings. The third kappa shape index (κ3) is 5.98. The van der Waals surface area contributed by atoms with E-state index in [0.717, 1.165) is 12.8 Å². The highest BCUT2D eigenvalue weighted by atomic mass is 35.5. The Morgan fingerprint density at radius 1 is 1.64 bits per heavy atom. The minimum atomic E-state index is -0.444. The maximum absolute atomic E-state index is 10.7. The summed E-state index contributed by atoms with van der Waals surface area (Å²) in [5.74, 6) is 0. The molecule has 0 rings (SSSR count). The standard InChI is InChI=1S/C7H14ClNO2/c1-3-5-6(8)9-7(10)11-4-2/h6H,3-5H2,1-2H3,(H,9,10). The van der Waals surface area contributed by atoms with Crippen LogP contribution in [0.25, 0.3) is 0 Å². The van der Waals surface area contributed by atoms with Gasteiger partial charge in [-0.05, 0) is 13.3 Å². The van der Waals surface area contributed by atoms with Gasteiger partial charge in [0.25, 0.3) is 0 Å². The van der Waals surface area contributed by atoms with Crippen molar-refractivity contribution in [1.82, 2.24) is 5.32 Å². The van der Waals surface area contributed by atoms with Crippen molar-refractivity contribution in [1.29, 1.82) is 0 Å². The van der Waals surface area contributed by atoms with Crippen LogP contribution < -0.4 is 5.32 Å². The highest BCUT2D eigenvalue weighted by Gasteiger charge is 2.06. The first kappa shape index (κ1) is 10.6. The summed E-state index contributed by atoms with van der Waals surface area (Å²) in [6.45, 7) is 4.13. The van der Waals surface area contributed by atoms with Crippen LogP contribution in [0.4, 0.5) is 4.79 Å². The minimum absolute atomic E-state index is 0.306. The van der Waals surface area contributed by atoms with Crippen molar-refractivity contribution in [3.05, 3.63) is 0 Å². The van der Waals surface area contributed by atoms with Crippen molar-refractivity contribution < 1.29 is 9.53 Å². The Bertz CT molecular complexity index is 119. The van der Waals surface area contributed by atoms with Gasteiger partial charge in [-0.15, -0.1) is 0 Å². The number of alkyl halides is 1. The quantitative estimate of drug-likeness (QED) is 0.530. The summed E-state index contributed by atoms with van der Waals surface area (Å²) in [6.07, 6.45) is 1.27. The molecular weight excluding hydrogens is 166 g/mol. The molecule has 0 aromatic carbocycles. The molecule has 1 N–H and O–H groups in total. The van der Waals surface area contributed by atoms with Crippen LogP contribution in [-0.4, -0.2) is 18.2 Å². The number of halogens is 1. The molecule has 4 heteroatoms. The first-order valence-corrected chi connectivity index (χ1v) is 4.21. The van der Waals surface area contributed by atoms with Crippen LogP contribution in [0.15, 0.2) is 0 Å². The molecule has 0 aliphatic heterocycles. The minimum Gasteiger partial charge on any atom is -0.450 e. The zero-order chi connectivity index (χ0) is 8.69. The van der Waals surface area contributed by atoms with E-state index >= 15 is 0 Å². The van der Waals surface area contributed by atoms with Gasteiger partial charge < -0.3 is 10.1 Å². The van der Waals surface area contributed by atoms with Crippen molar-refractivity contribution in [2.75, 3.05) is 6.61 Å². The molecule has 0 saturated carbocycles. The van der Waals surface area contributed by atoms with E-state index in [0.29, 0.717) is 6.61 Å². The molecule has 1 amide bonds. The third-order valence-electron chi connectivity index (χ3n) is 1.09. The lowest BCUT2D eigenvalue weighted by Gasteiger charge is -2.09. The summed E-state index contributed by atoms with van der Waals surface area (Å²) in [5, 5.41) is 2.49. The van der Waals surface area contributed by atoms with Gasteiger partial charge in [0.1, 0.15) is 5.50 Å². The van der Waals surface area contributed by atoms with E-state index in [1.165, 1.54) is 0 Å². The third-order valence-corrected chi connectivity index (χ3v) is 1.42. The monoisotopic (exact) mass is 179 g/mol. The molecule has 0 aliphatic rings. The van der Waals surface area contributed by atoms with Crippen LogP contribution in [0.5, 0.6) is 0 Å². The zero-order valence-electron chi connectivity index (χ0n) is 6.89. The Kier molecular flexibility index (Phi) is 6.03. The molecular formula is C7H14ClNO2. The highest BCUT2D eigenvalue weighted by Crippen LogP contribution is 2.00. The second-order valence-corrected chi connectivity index (χ2v) is 2.65. The largest absolute Gasteiger partial charge is 0.450 e. The summed E-state index contributed by atoms with van der Waals surface area (Å²) in [7, 11) is 0. The molecule has 3 nitrogen and oxygen atoms in total. The molecule has 0 heterocycles. The van der Waals surface area contributed by atoms with Gasteiger partial charge in [-0.3, -0.25) is 0 Å². The molecule has 11 heavy (non-hydrogen) atoms. The van der Waals surface area contributed by atoms with Gasteiger partial charge in [0.15, 0.2) is 0 Å². The van der Waals surface area contributed by atoms with Crippen LogP contribution in [0, 0.1) is 0 Å². The van der Waals surface area contributed by atoms with Crippen molar-refractivity contribution in [2.45, 2.75) is 32.2 Å². The second-order valence-electron chi connectivity index (χ2n) is 2.12. The first-order chi connectivity index (χ1) is 5.20. The topological polar surface area (TPSA) is 38.3 Å². The molecule has 0 aliphatic carbocycles. The van der Waals surface area contributed by atoms with Crippen LogP contribution in [0.3, 0.4) is 0 Å². The van der Waals surface area contributed by atoms with Gasteiger partial charge >= 0.3 is 6.09 Å². The molecule has 0 aromatic heterocycles. The molecule has 1 unspecified atom stereocenters. The number of amides is 1. The van der Waals surface area contributed by atoms with Gasteiger partial charge in [-0.2, -0.15) is 0 Å². The van der Waals surface area contributed by atoms with Gasteiger partial charge in [0, 0.05) is 0 Å². The number of hydrogen-bond acceptors (Lipinski definition) is 2. The first-order valence-electron chi connectivity index (χ1n) is 3.78. The molecule has 1 atom stereocenters. The normalized spacial score (nSPS) is 12.3. The van der Waals surface area contributed by atoms with Gasteiger partial charge in [-0.1, -0.05) is 24.9 Å². The Balaban J connectivity index is 3.40. The SMILES string of the molecule is CCCC(Cl)NC(=O)OCC. The smallest absolute Gasteiger partial charge is 0.408 e. The van der Waals surface area contributed by atoms with E-state index in [9.17, 15) is 4.79 Å². The summed E-state index contributed by atoms with van der Waals surface area (Å²) < 4.78 is 4.62. The molecule has 0 bridgehead atoms. The molecule has 0 spiro atoms. The van der Waals surface area contributed by atoms with Crippen molar-refractivity contribution in [2.24, 2.45) is 0 Å². The van der Waals surface area contributed by atoms with E-state index in [2.05, 4.69) is 10.1 Å². The number of alkyl carbamates (subject to hydrolysis) is 1. The van der Waals surface area contributed by atoms with Crippen molar-refractivity contribution in [3.8, 4) is 0 Å². The molecule has 0 saturated heterocycles. The fourth-order valence-corrected chi connectivity index (χ4v) is 0.934. The fraction of sp³-hybridized carbons (Fsp3) is 0.857. The predicted octanol–water partition coefficient (Wildman–Crippen LogP) is 2.10. The van der Waals surface area contributed by atoms with Crippen LogP contribution in [-0.2, 0) is 4.74 Å². The lowest BCUT2D eigenvalue weighted by Crippen LogP contribution is -2.31. The highest BCUT2D eigenvalue weighted by molar-refractivity contribution is 6.21. The Morgan fingerprint density at radius 2 is 2.27 bits per heavy atom. The molecule has 66 valence electrons. The predicted molar refractivity (Wildman–Crippen MR) is 44.7 cm³/mol. The van der Waals surface area contributed by atoms with Crippen molar-refractivity contribution in [3.63, 3.8) is 0 Å². The van der Waals surface area contributed by atoms with Gasteiger partial charge in [-0.25, -0.2) is 4.79 Å². The van der Waals surface area contributed by atoms with E-state index in [4.69, 9.17) is 11.6 Å². The lowest BCUT2D eigenvalue weighted by atomic mass is 10.3. The fourth-order valence-electron chi connectivity index (χ4n) is 0.626. The maximum Gasteiger partial charge on any atom is 0.408 e. The molecule has 0 radical (unpaired) electrons. The van der Waals surface area contributed by atoms with E-state index in [1.807, 2.05) is 6.92 Å². The number of hydrogen-bond donors (Lipinski definition) is 1. The van der Waals surface area contributed by atoms with Crippen molar-refractivity contribution >= 4 is 17.7 Å². The number of rotatable bonds is 4. The molecule has 0 aromatic rings. The summed E-state index contributed by atoms with van der Waals surface area (Å²) in [6, 6.07) is 0. The number of ether oxygens (including phenoxy) is 1. The number of nitrogens with one attached hydrogen (secondary N) is 1. The summed E-state index contributed by atoms with van der Waals surface area (Å²) in [4.78, 5) is 10.7. The second kappa shape index (κ2) is 6.28.